The maximum absolute atomic E-state index is 11.2. The summed E-state index contributed by atoms with van der Waals surface area (Å²) >= 11 is 0. The number of rotatable bonds is 4. The Morgan fingerprint density at radius 1 is 1.27 bits per heavy atom. The Morgan fingerprint density at radius 3 is 2.20 bits per heavy atom. The molecule has 0 aliphatic heterocycles. The lowest BCUT2D eigenvalue weighted by molar-refractivity contribution is -0.118. The predicted molar refractivity (Wildman–Crippen MR) is 60.7 cm³/mol. The van der Waals surface area contributed by atoms with Crippen molar-refractivity contribution in [2.75, 3.05) is 0 Å². The van der Waals surface area contributed by atoms with Crippen molar-refractivity contribution >= 4 is 5.78 Å². The van der Waals surface area contributed by atoms with Crippen LogP contribution in [0.15, 0.2) is 24.3 Å². The van der Waals surface area contributed by atoms with Crippen LogP contribution in [0.2, 0.25) is 0 Å². The molecule has 15 heavy (non-hydrogen) atoms. The van der Waals surface area contributed by atoms with E-state index in [1.807, 2.05) is 31.2 Å². The number of Topliss-reactive ketones (excluding diaryl/α,β-unsaturated/α-hetero) is 1. The van der Waals surface area contributed by atoms with E-state index in [-0.39, 0.29) is 5.78 Å². The summed E-state index contributed by atoms with van der Waals surface area (Å²) in [4.78, 5) is 11.2. The van der Waals surface area contributed by atoms with Gasteiger partial charge in [0.15, 0.2) is 0 Å². The van der Waals surface area contributed by atoms with Gasteiger partial charge in [0, 0.05) is 12.8 Å². The molecule has 0 saturated carbocycles. The molecule has 0 aromatic heterocycles. The molecular weight excluding hydrogens is 188 g/mol. The van der Waals surface area contributed by atoms with E-state index in [0.717, 1.165) is 11.1 Å². The summed E-state index contributed by atoms with van der Waals surface area (Å²) in [5, 5.41) is 9.74. The normalized spacial score (nSPS) is 11.5. The topological polar surface area (TPSA) is 37.3 Å². The number of hydrogen-bond acceptors (Lipinski definition) is 2. The van der Waals surface area contributed by atoms with Crippen LogP contribution >= 0.6 is 0 Å². The van der Waals surface area contributed by atoms with Crippen molar-refractivity contribution in [1.82, 2.24) is 0 Å². The van der Waals surface area contributed by atoms with E-state index in [4.69, 9.17) is 0 Å². The minimum Gasteiger partial charge on any atom is -0.386 e. The third-order valence-corrected chi connectivity index (χ3v) is 2.46. The summed E-state index contributed by atoms with van der Waals surface area (Å²) in [7, 11) is 0. The lowest BCUT2D eigenvalue weighted by Gasteiger charge is -2.17. The Balaban J connectivity index is 2.77. The summed E-state index contributed by atoms with van der Waals surface area (Å²) in [6.45, 7) is 5.37. The minimum atomic E-state index is -0.812. The standard InChI is InChI=1S/C13H18O2/c1-4-12(14)9-10-5-7-11(8-6-10)13(2,3)15/h5-8,15H,4,9H2,1-3H3. The molecule has 0 aliphatic rings. The fraction of sp³-hybridized carbons (Fsp3) is 0.462. The van der Waals surface area contributed by atoms with Crippen LogP contribution in [-0.2, 0) is 16.8 Å². The molecule has 0 fully saturated rings. The van der Waals surface area contributed by atoms with Gasteiger partial charge >= 0.3 is 0 Å². The van der Waals surface area contributed by atoms with E-state index >= 15 is 0 Å². The summed E-state index contributed by atoms with van der Waals surface area (Å²) in [5.74, 6) is 0.242. The molecule has 1 N–H and O–H groups in total. The van der Waals surface area contributed by atoms with Gasteiger partial charge in [0.2, 0.25) is 0 Å². The first kappa shape index (κ1) is 11.9. The van der Waals surface area contributed by atoms with Crippen molar-refractivity contribution in [1.29, 1.82) is 0 Å². The minimum absolute atomic E-state index is 0.242. The number of ketones is 1. The Labute approximate surface area is 90.9 Å². The lowest BCUT2D eigenvalue weighted by atomic mass is 9.96. The van der Waals surface area contributed by atoms with Crippen LogP contribution in [0.4, 0.5) is 0 Å². The number of carbonyl (C=O) groups excluding carboxylic acids is 1. The first-order valence-electron chi connectivity index (χ1n) is 5.27. The second-order valence-corrected chi connectivity index (χ2v) is 4.32. The third-order valence-electron chi connectivity index (χ3n) is 2.46. The monoisotopic (exact) mass is 206 g/mol. The van der Waals surface area contributed by atoms with Gasteiger partial charge < -0.3 is 5.11 Å². The van der Waals surface area contributed by atoms with Crippen molar-refractivity contribution in [3.63, 3.8) is 0 Å². The first-order valence-corrected chi connectivity index (χ1v) is 5.27. The van der Waals surface area contributed by atoms with Crippen LogP contribution in [-0.4, -0.2) is 10.9 Å². The zero-order valence-electron chi connectivity index (χ0n) is 9.58. The lowest BCUT2D eigenvalue weighted by Crippen LogP contribution is -2.15. The molecule has 1 rings (SSSR count). The zero-order valence-corrected chi connectivity index (χ0v) is 9.58. The van der Waals surface area contributed by atoms with Gasteiger partial charge in [-0.1, -0.05) is 31.2 Å². The van der Waals surface area contributed by atoms with Crippen LogP contribution in [0, 0.1) is 0 Å². The van der Waals surface area contributed by atoms with Gasteiger partial charge in [-0.3, -0.25) is 4.79 Å². The van der Waals surface area contributed by atoms with E-state index in [1.54, 1.807) is 13.8 Å². The van der Waals surface area contributed by atoms with Crippen LogP contribution in [0.1, 0.15) is 38.3 Å². The van der Waals surface area contributed by atoms with Gasteiger partial charge in [0.25, 0.3) is 0 Å². The first-order chi connectivity index (χ1) is 6.93. The Morgan fingerprint density at radius 2 is 1.80 bits per heavy atom. The average molecular weight is 206 g/mol. The quantitative estimate of drug-likeness (QED) is 0.821. The van der Waals surface area contributed by atoms with E-state index < -0.39 is 5.60 Å². The summed E-state index contributed by atoms with van der Waals surface area (Å²) in [6, 6.07) is 7.55. The molecule has 1 aromatic rings. The highest BCUT2D eigenvalue weighted by molar-refractivity contribution is 5.80. The fourth-order valence-electron chi connectivity index (χ4n) is 1.38. The maximum atomic E-state index is 11.2. The second-order valence-electron chi connectivity index (χ2n) is 4.32. The van der Waals surface area contributed by atoms with Crippen molar-refractivity contribution in [3.8, 4) is 0 Å². The Kier molecular flexibility index (Phi) is 3.64. The molecule has 1 aromatic carbocycles. The summed E-state index contributed by atoms with van der Waals surface area (Å²) < 4.78 is 0. The van der Waals surface area contributed by atoms with Gasteiger partial charge in [0.1, 0.15) is 5.78 Å². The molecule has 0 saturated heterocycles. The third kappa shape index (κ3) is 3.48. The van der Waals surface area contributed by atoms with Crippen LogP contribution in [0.25, 0.3) is 0 Å². The van der Waals surface area contributed by atoms with E-state index in [2.05, 4.69) is 0 Å². The number of aliphatic hydroxyl groups is 1. The summed E-state index contributed by atoms with van der Waals surface area (Å²) in [5.41, 5.74) is 1.07. The SMILES string of the molecule is CCC(=O)Cc1ccc(C(C)(C)O)cc1. The highest BCUT2D eigenvalue weighted by Gasteiger charge is 2.15. The molecule has 0 amide bonds. The van der Waals surface area contributed by atoms with Crippen molar-refractivity contribution in [3.05, 3.63) is 35.4 Å². The van der Waals surface area contributed by atoms with Crippen LogP contribution < -0.4 is 0 Å². The summed E-state index contributed by atoms with van der Waals surface area (Å²) in [6.07, 6.45) is 1.07. The molecule has 0 heterocycles. The van der Waals surface area contributed by atoms with Crippen molar-refractivity contribution < 1.29 is 9.90 Å². The fourth-order valence-corrected chi connectivity index (χ4v) is 1.38. The average Bonchev–Trinajstić information content (AvgIpc) is 2.17. The number of carbonyl (C=O) groups is 1. The van der Waals surface area contributed by atoms with Crippen molar-refractivity contribution in [2.24, 2.45) is 0 Å². The molecule has 82 valence electrons. The van der Waals surface area contributed by atoms with Crippen molar-refractivity contribution in [2.45, 2.75) is 39.2 Å². The van der Waals surface area contributed by atoms with E-state index in [9.17, 15) is 9.90 Å². The number of benzene rings is 1. The molecule has 0 atom stereocenters. The largest absolute Gasteiger partial charge is 0.386 e. The van der Waals surface area contributed by atoms with Crippen LogP contribution in [0.5, 0.6) is 0 Å². The molecule has 0 radical (unpaired) electrons. The second kappa shape index (κ2) is 4.58. The highest BCUT2D eigenvalue weighted by Crippen LogP contribution is 2.19. The number of hydrogen-bond donors (Lipinski definition) is 1. The Hall–Kier alpha value is -1.15. The molecule has 0 bridgehead atoms. The molecule has 0 aliphatic carbocycles. The highest BCUT2D eigenvalue weighted by atomic mass is 16.3. The van der Waals surface area contributed by atoms with E-state index in [0.29, 0.717) is 12.8 Å². The smallest absolute Gasteiger partial charge is 0.136 e. The molecule has 2 heteroatoms. The van der Waals surface area contributed by atoms with Gasteiger partial charge in [-0.15, -0.1) is 0 Å². The van der Waals surface area contributed by atoms with Gasteiger partial charge in [-0.2, -0.15) is 0 Å². The molecule has 0 unspecified atom stereocenters. The van der Waals surface area contributed by atoms with Gasteiger partial charge in [-0.25, -0.2) is 0 Å². The van der Waals surface area contributed by atoms with E-state index in [1.165, 1.54) is 0 Å². The zero-order chi connectivity index (χ0) is 11.5. The maximum Gasteiger partial charge on any atom is 0.136 e. The molecular formula is C13H18O2. The van der Waals surface area contributed by atoms with Crippen LogP contribution in [0.3, 0.4) is 0 Å². The van der Waals surface area contributed by atoms with Gasteiger partial charge in [-0.05, 0) is 25.0 Å². The van der Waals surface area contributed by atoms with Gasteiger partial charge in [0.05, 0.1) is 5.60 Å². The molecule has 2 nitrogen and oxygen atoms in total. The predicted octanol–water partition coefficient (Wildman–Crippen LogP) is 2.44. The molecule has 0 spiro atoms. The Bertz CT molecular complexity index is 331.